The summed E-state index contributed by atoms with van der Waals surface area (Å²) < 4.78 is 10.8. The Labute approximate surface area is 201 Å². The van der Waals surface area contributed by atoms with E-state index in [4.69, 9.17) is 32.7 Å². The molecule has 0 aliphatic heterocycles. The number of rotatable bonds is 8. The molecule has 3 aromatic rings. The smallest absolute Gasteiger partial charge is 0.329 e. The second-order valence-electron chi connectivity index (χ2n) is 6.80. The zero-order valence-corrected chi connectivity index (χ0v) is 19.2. The molecular formula is C24H21Cl2N3O4. The van der Waals surface area contributed by atoms with Gasteiger partial charge >= 0.3 is 11.8 Å². The van der Waals surface area contributed by atoms with Gasteiger partial charge in [0.2, 0.25) is 0 Å². The van der Waals surface area contributed by atoms with Crippen LogP contribution in [0, 0.1) is 0 Å². The number of nitrogens with zero attached hydrogens (tertiary/aromatic N) is 1. The molecule has 2 N–H and O–H groups in total. The van der Waals surface area contributed by atoms with E-state index in [2.05, 4.69) is 15.8 Å². The van der Waals surface area contributed by atoms with Crippen LogP contribution >= 0.6 is 23.2 Å². The summed E-state index contributed by atoms with van der Waals surface area (Å²) in [7, 11) is 1.57. The minimum Gasteiger partial charge on any atom is -0.497 e. The van der Waals surface area contributed by atoms with Crippen molar-refractivity contribution >= 4 is 41.2 Å². The Morgan fingerprint density at radius 3 is 2.42 bits per heavy atom. The molecular weight excluding hydrogens is 465 g/mol. The highest BCUT2D eigenvalue weighted by atomic mass is 35.5. The Morgan fingerprint density at radius 1 is 0.970 bits per heavy atom. The molecule has 0 bridgehead atoms. The van der Waals surface area contributed by atoms with Crippen molar-refractivity contribution in [1.82, 2.24) is 10.7 Å². The summed E-state index contributed by atoms with van der Waals surface area (Å²) in [5.74, 6) is -0.497. The zero-order chi connectivity index (χ0) is 23.6. The van der Waals surface area contributed by atoms with Gasteiger partial charge in [0.05, 0.1) is 18.3 Å². The molecule has 170 valence electrons. The van der Waals surface area contributed by atoms with Crippen LogP contribution in [0.4, 0.5) is 0 Å². The van der Waals surface area contributed by atoms with Crippen LogP contribution in [0.1, 0.15) is 16.7 Å². The van der Waals surface area contributed by atoms with Crippen LogP contribution in [0.2, 0.25) is 10.0 Å². The quantitative estimate of drug-likeness (QED) is 0.282. The molecule has 2 amide bonds. The largest absolute Gasteiger partial charge is 0.497 e. The van der Waals surface area contributed by atoms with Gasteiger partial charge in [-0.3, -0.25) is 9.59 Å². The molecule has 0 unspecified atom stereocenters. The average Bonchev–Trinajstić information content (AvgIpc) is 2.83. The number of amides is 2. The van der Waals surface area contributed by atoms with Crippen molar-refractivity contribution in [2.24, 2.45) is 5.10 Å². The maximum absolute atomic E-state index is 11.9. The maximum atomic E-state index is 11.9. The number of halogens is 2. The third-order valence-corrected chi connectivity index (χ3v) is 5.16. The van der Waals surface area contributed by atoms with Gasteiger partial charge in [0.15, 0.2) is 0 Å². The van der Waals surface area contributed by atoms with Gasteiger partial charge in [0.1, 0.15) is 18.1 Å². The molecule has 3 aromatic carbocycles. The topological polar surface area (TPSA) is 89.0 Å². The van der Waals surface area contributed by atoms with Crippen LogP contribution < -0.4 is 20.2 Å². The highest BCUT2D eigenvalue weighted by molar-refractivity contribution is 6.35. The molecule has 9 heteroatoms. The number of nitrogens with one attached hydrogen (secondary N) is 2. The fourth-order valence-corrected chi connectivity index (χ4v) is 3.14. The Morgan fingerprint density at radius 2 is 1.73 bits per heavy atom. The van der Waals surface area contributed by atoms with Gasteiger partial charge in [0.25, 0.3) is 0 Å². The zero-order valence-electron chi connectivity index (χ0n) is 17.7. The van der Waals surface area contributed by atoms with Crippen LogP contribution in [-0.2, 0) is 22.7 Å². The molecule has 7 nitrogen and oxygen atoms in total. The van der Waals surface area contributed by atoms with E-state index in [1.807, 2.05) is 18.2 Å². The fraction of sp³-hybridized carbons (Fsp3) is 0.125. The van der Waals surface area contributed by atoms with Crippen molar-refractivity contribution in [1.29, 1.82) is 0 Å². The van der Waals surface area contributed by atoms with Crippen molar-refractivity contribution in [2.75, 3.05) is 7.11 Å². The van der Waals surface area contributed by atoms with Gasteiger partial charge in [-0.25, -0.2) is 5.43 Å². The fourth-order valence-electron chi connectivity index (χ4n) is 2.71. The molecule has 0 saturated carbocycles. The van der Waals surface area contributed by atoms with E-state index in [-0.39, 0.29) is 13.2 Å². The minimum absolute atomic E-state index is 0.200. The summed E-state index contributed by atoms with van der Waals surface area (Å²) in [6.07, 6.45) is 1.37. The first kappa shape index (κ1) is 24.1. The number of hydrazone groups is 1. The molecule has 0 aromatic heterocycles. The second-order valence-corrected chi connectivity index (χ2v) is 7.61. The van der Waals surface area contributed by atoms with Gasteiger partial charge in [0, 0.05) is 17.1 Å². The van der Waals surface area contributed by atoms with Crippen LogP contribution in [-0.4, -0.2) is 25.1 Å². The predicted molar refractivity (Wildman–Crippen MR) is 128 cm³/mol. The molecule has 0 fully saturated rings. The average molecular weight is 486 g/mol. The molecule has 0 spiro atoms. The van der Waals surface area contributed by atoms with Crippen LogP contribution in [0.5, 0.6) is 11.5 Å². The highest BCUT2D eigenvalue weighted by Gasteiger charge is 2.12. The lowest BCUT2D eigenvalue weighted by atomic mass is 10.2. The Bertz CT molecular complexity index is 1150. The van der Waals surface area contributed by atoms with Gasteiger partial charge < -0.3 is 14.8 Å². The summed E-state index contributed by atoms with van der Waals surface area (Å²) >= 11 is 12.4. The third kappa shape index (κ3) is 7.24. The van der Waals surface area contributed by atoms with Crippen LogP contribution in [0.15, 0.2) is 71.8 Å². The Hall–Kier alpha value is -3.55. The molecule has 33 heavy (non-hydrogen) atoms. The normalized spacial score (nSPS) is 10.6. The van der Waals surface area contributed by atoms with E-state index in [0.29, 0.717) is 27.1 Å². The lowest BCUT2D eigenvalue weighted by molar-refractivity contribution is -0.139. The van der Waals surface area contributed by atoms with Gasteiger partial charge in [-0.2, -0.15) is 5.10 Å². The number of carbonyl (C=O) groups is 2. The molecule has 0 aliphatic rings. The maximum Gasteiger partial charge on any atom is 0.329 e. The summed E-state index contributed by atoms with van der Waals surface area (Å²) in [5.41, 5.74) is 4.46. The molecule has 0 heterocycles. The summed E-state index contributed by atoms with van der Waals surface area (Å²) in [4.78, 5) is 23.8. The second kappa shape index (κ2) is 11.9. The predicted octanol–water partition coefficient (Wildman–Crippen LogP) is 4.35. The first-order valence-electron chi connectivity index (χ1n) is 9.86. The Kier molecular flexibility index (Phi) is 8.69. The first-order chi connectivity index (χ1) is 16.0. The molecule has 0 radical (unpaired) electrons. The number of carbonyl (C=O) groups excluding carboxylic acids is 2. The number of ether oxygens (including phenoxy) is 2. The van der Waals surface area contributed by atoms with Gasteiger partial charge in [-0.15, -0.1) is 0 Å². The van der Waals surface area contributed by atoms with E-state index in [0.717, 1.165) is 11.1 Å². The van der Waals surface area contributed by atoms with E-state index in [1.54, 1.807) is 55.6 Å². The third-order valence-electron chi connectivity index (χ3n) is 4.50. The lowest BCUT2D eigenvalue weighted by Crippen LogP contribution is -2.37. The number of hydrogen-bond acceptors (Lipinski definition) is 5. The number of benzene rings is 3. The van der Waals surface area contributed by atoms with E-state index < -0.39 is 11.8 Å². The van der Waals surface area contributed by atoms with E-state index in [1.165, 1.54) is 6.21 Å². The molecule has 0 saturated heterocycles. The van der Waals surface area contributed by atoms with Crippen molar-refractivity contribution in [3.05, 3.63) is 93.5 Å². The van der Waals surface area contributed by atoms with E-state index >= 15 is 0 Å². The number of hydrogen-bond donors (Lipinski definition) is 2. The molecule has 0 atom stereocenters. The lowest BCUT2D eigenvalue weighted by Gasteiger charge is -2.09. The van der Waals surface area contributed by atoms with Crippen molar-refractivity contribution in [3.63, 3.8) is 0 Å². The SMILES string of the molecule is COc1ccc(CNC(=O)C(=O)N/N=C\c2ccc(OCc3ccccc3Cl)c(Cl)c2)cc1. The van der Waals surface area contributed by atoms with Crippen molar-refractivity contribution in [3.8, 4) is 11.5 Å². The number of methoxy groups -OCH3 is 1. The van der Waals surface area contributed by atoms with Crippen molar-refractivity contribution < 1.29 is 19.1 Å². The van der Waals surface area contributed by atoms with E-state index in [9.17, 15) is 9.59 Å². The standard InChI is InChI=1S/C24H21Cl2N3O4/c1-32-19-9-6-16(7-10-19)13-27-23(30)24(31)29-28-14-17-8-11-22(21(26)12-17)33-15-18-4-2-3-5-20(18)25/h2-12,14H,13,15H2,1H3,(H,27,30)(H,29,31)/b28-14-. The van der Waals surface area contributed by atoms with Crippen molar-refractivity contribution in [2.45, 2.75) is 13.2 Å². The molecule has 3 rings (SSSR count). The van der Waals surface area contributed by atoms with Crippen LogP contribution in [0.25, 0.3) is 0 Å². The summed E-state index contributed by atoms with van der Waals surface area (Å²) in [6, 6.07) is 19.5. The minimum atomic E-state index is -0.884. The van der Waals surface area contributed by atoms with Crippen LogP contribution in [0.3, 0.4) is 0 Å². The Balaban J connectivity index is 1.47. The summed E-state index contributed by atoms with van der Waals surface area (Å²) in [5, 5.41) is 7.30. The first-order valence-corrected chi connectivity index (χ1v) is 10.6. The van der Waals surface area contributed by atoms with Gasteiger partial charge in [-0.05, 0) is 47.5 Å². The van der Waals surface area contributed by atoms with Gasteiger partial charge in [-0.1, -0.05) is 53.5 Å². The highest BCUT2D eigenvalue weighted by Crippen LogP contribution is 2.27. The molecule has 0 aliphatic carbocycles. The monoisotopic (exact) mass is 485 g/mol. The summed E-state index contributed by atoms with van der Waals surface area (Å²) in [6.45, 7) is 0.472.